The lowest BCUT2D eigenvalue weighted by atomic mass is 9.97. The van der Waals surface area contributed by atoms with Gasteiger partial charge < -0.3 is 10.0 Å². The van der Waals surface area contributed by atoms with Crippen LogP contribution in [0, 0.1) is 5.92 Å². The first-order chi connectivity index (χ1) is 8.07. The Bertz CT molecular complexity index is 347. The summed E-state index contributed by atoms with van der Waals surface area (Å²) in [6.07, 6.45) is -6.20. The van der Waals surface area contributed by atoms with E-state index in [0.717, 1.165) is 0 Å². The first kappa shape index (κ1) is 14.7. The second kappa shape index (κ2) is 4.69. The number of carboxylic acid groups (broad SMARTS) is 1. The number of halogens is 5. The van der Waals surface area contributed by atoms with Crippen LogP contribution >= 0.6 is 0 Å². The third kappa shape index (κ3) is 2.70. The van der Waals surface area contributed by atoms with Crippen LogP contribution in [0.5, 0.6) is 0 Å². The molecule has 1 aliphatic heterocycles. The highest BCUT2D eigenvalue weighted by Crippen LogP contribution is 2.37. The van der Waals surface area contributed by atoms with Crippen molar-refractivity contribution in [3.63, 3.8) is 0 Å². The van der Waals surface area contributed by atoms with Crippen molar-refractivity contribution in [1.29, 1.82) is 0 Å². The molecule has 1 fully saturated rings. The molecule has 1 N–H and O–H groups in total. The van der Waals surface area contributed by atoms with E-state index in [9.17, 15) is 31.5 Å². The number of amides is 1. The fourth-order valence-corrected chi connectivity index (χ4v) is 1.65. The van der Waals surface area contributed by atoms with Crippen molar-refractivity contribution in [2.75, 3.05) is 13.1 Å². The number of alkyl halides is 5. The fraction of sp³-hybridized carbons (Fsp3) is 0.778. The van der Waals surface area contributed by atoms with E-state index in [1.807, 2.05) is 0 Å². The van der Waals surface area contributed by atoms with Crippen LogP contribution in [0.25, 0.3) is 0 Å². The molecule has 0 aliphatic carbocycles. The van der Waals surface area contributed by atoms with Crippen molar-refractivity contribution in [1.82, 2.24) is 4.90 Å². The van der Waals surface area contributed by atoms with Crippen molar-refractivity contribution in [2.24, 2.45) is 5.92 Å². The summed E-state index contributed by atoms with van der Waals surface area (Å²) in [5.41, 5.74) is 0. The third-order valence-electron chi connectivity index (χ3n) is 2.76. The van der Waals surface area contributed by atoms with E-state index in [1.54, 1.807) is 0 Å². The molecule has 0 atom stereocenters. The normalized spacial score (nSPS) is 18.8. The quantitative estimate of drug-likeness (QED) is 0.777. The number of carbonyl (C=O) groups is 2. The number of nitrogens with zero attached hydrogens (tertiary/aromatic N) is 1. The summed E-state index contributed by atoms with van der Waals surface area (Å²) in [7, 11) is 0. The van der Waals surface area contributed by atoms with Crippen molar-refractivity contribution < 1.29 is 36.6 Å². The lowest BCUT2D eigenvalue weighted by molar-refractivity contribution is -0.274. The molecule has 0 aromatic heterocycles. The van der Waals surface area contributed by atoms with Gasteiger partial charge in [0.25, 0.3) is 0 Å². The monoisotopic (exact) mass is 275 g/mol. The molecule has 18 heavy (non-hydrogen) atoms. The van der Waals surface area contributed by atoms with Crippen LogP contribution in [0.2, 0.25) is 0 Å². The number of likely N-dealkylation sites (tertiary alicyclic amines) is 1. The molecular weight excluding hydrogens is 265 g/mol. The Labute approximate surface area is 98.4 Å². The lowest BCUT2D eigenvalue weighted by Gasteiger charge is -2.32. The van der Waals surface area contributed by atoms with Gasteiger partial charge in [-0.1, -0.05) is 0 Å². The van der Waals surface area contributed by atoms with Crippen molar-refractivity contribution in [3.8, 4) is 0 Å². The summed E-state index contributed by atoms with van der Waals surface area (Å²) in [5, 5.41) is 8.62. The lowest BCUT2D eigenvalue weighted by Crippen LogP contribution is -2.54. The van der Waals surface area contributed by atoms with E-state index in [4.69, 9.17) is 5.11 Å². The first-order valence-electron chi connectivity index (χ1n) is 5.04. The van der Waals surface area contributed by atoms with E-state index in [1.165, 1.54) is 0 Å². The molecule has 0 saturated carbocycles. The minimum absolute atomic E-state index is 0.130. The molecule has 1 rings (SSSR count). The summed E-state index contributed by atoms with van der Waals surface area (Å²) < 4.78 is 61.3. The van der Waals surface area contributed by atoms with Crippen LogP contribution in [0.15, 0.2) is 0 Å². The van der Waals surface area contributed by atoms with Gasteiger partial charge in [0, 0.05) is 13.1 Å². The van der Waals surface area contributed by atoms with Crippen molar-refractivity contribution >= 4 is 11.9 Å². The van der Waals surface area contributed by atoms with Crippen LogP contribution in [-0.4, -0.2) is 47.1 Å². The SMILES string of the molecule is O=C(O)C1CCN(C(=O)C(F)(F)C(F)(F)F)CC1. The fourth-order valence-electron chi connectivity index (χ4n) is 1.65. The first-order valence-corrected chi connectivity index (χ1v) is 5.04. The Kier molecular flexibility index (Phi) is 3.82. The Hall–Kier alpha value is -1.41. The maximum atomic E-state index is 12.7. The van der Waals surface area contributed by atoms with E-state index in [0.29, 0.717) is 4.90 Å². The number of carbonyl (C=O) groups excluding carboxylic acids is 1. The van der Waals surface area contributed by atoms with Gasteiger partial charge in [0.1, 0.15) is 0 Å². The number of rotatable bonds is 2. The van der Waals surface area contributed by atoms with Crippen LogP contribution in [0.4, 0.5) is 22.0 Å². The Morgan fingerprint density at radius 1 is 1.06 bits per heavy atom. The number of carboxylic acids is 1. The summed E-state index contributed by atoms with van der Waals surface area (Å²) in [6, 6.07) is 0. The van der Waals surface area contributed by atoms with Gasteiger partial charge >= 0.3 is 24.0 Å². The van der Waals surface area contributed by atoms with E-state index in [-0.39, 0.29) is 12.8 Å². The summed E-state index contributed by atoms with van der Waals surface area (Å²) in [6.45, 7) is -0.830. The van der Waals surface area contributed by atoms with Gasteiger partial charge in [-0.15, -0.1) is 0 Å². The predicted molar refractivity (Wildman–Crippen MR) is 47.9 cm³/mol. The van der Waals surface area contributed by atoms with Crippen LogP contribution < -0.4 is 0 Å². The average Bonchev–Trinajstić information content (AvgIpc) is 2.26. The number of piperidine rings is 1. The Morgan fingerprint density at radius 3 is 1.83 bits per heavy atom. The summed E-state index contributed by atoms with van der Waals surface area (Å²) in [4.78, 5) is 22.0. The average molecular weight is 275 g/mol. The third-order valence-corrected chi connectivity index (χ3v) is 2.76. The zero-order chi connectivity index (χ0) is 14.1. The molecule has 1 amide bonds. The molecule has 0 spiro atoms. The second-order valence-electron chi connectivity index (χ2n) is 3.98. The van der Waals surface area contributed by atoms with E-state index < -0.39 is 43.0 Å². The van der Waals surface area contributed by atoms with Gasteiger partial charge in [-0.3, -0.25) is 9.59 Å². The Morgan fingerprint density at radius 2 is 1.50 bits per heavy atom. The minimum Gasteiger partial charge on any atom is -0.481 e. The highest BCUT2D eigenvalue weighted by Gasteiger charge is 2.64. The topological polar surface area (TPSA) is 57.6 Å². The largest absolute Gasteiger partial charge is 0.481 e. The maximum Gasteiger partial charge on any atom is 0.463 e. The molecule has 1 saturated heterocycles. The zero-order valence-electron chi connectivity index (χ0n) is 9.01. The molecule has 0 radical (unpaired) electrons. The van der Waals surface area contributed by atoms with Crippen LogP contribution in [0.1, 0.15) is 12.8 Å². The van der Waals surface area contributed by atoms with E-state index >= 15 is 0 Å². The minimum atomic E-state index is -5.94. The van der Waals surface area contributed by atoms with Gasteiger partial charge in [-0.25, -0.2) is 0 Å². The summed E-state index contributed by atoms with van der Waals surface area (Å²) in [5.74, 6) is -9.71. The molecule has 4 nitrogen and oxygen atoms in total. The maximum absolute atomic E-state index is 12.7. The number of aliphatic carboxylic acids is 1. The van der Waals surface area contributed by atoms with Crippen molar-refractivity contribution in [3.05, 3.63) is 0 Å². The molecular formula is C9H10F5NO3. The highest BCUT2D eigenvalue weighted by atomic mass is 19.4. The molecule has 0 bridgehead atoms. The van der Waals surface area contributed by atoms with Gasteiger partial charge in [0.05, 0.1) is 5.92 Å². The zero-order valence-corrected chi connectivity index (χ0v) is 9.01. The van der Waals surface area contributed by atoms with Crippen molar-refractivity contribution in [2.45, 2.75) is 24.9 Å². The summed E-state index contributed by atoms with van der Waals surface area (Å²) >= 11 is 0. The highest BCUT2D eigenvalue weighted by molar-refractivity contribution is 5.84. The Balaban J connectivity index is 2.69. The molecule has 104 valence electrons. The molecule has 0 aromatic rings. The van der Waals surface area contributed by atoms with Gasteiger partial charge in [-0.2, -0.15) is 22.0 Å². The smallest absolute Gasteiger partial charge is 0.463 e. The van der Waals surface area contributed by atoms with E-state index in [2.05, 4.69) is 0 Å². The number of hydrogen-bond acceptors (Lipinski definition) is 2. The standard InChI is InChI=1S/C9H10F5NO3/c10-8(11,9(12,13)14)7(18)15-3-1-5(2-4-15)6(16)17/h5H,1-4H2,(H,16,17). The van der Waals surface area contributed by atoms with Crippen LogP contribution in [-0.2, 0) is 9.59 Å². The van der Waals surface area contributed by atoms with Gasteiger partial charge in [-0.05, 0) is 12.8 Å². The second-order valence-corrected chi connectivity index (χ2v) is 3.98. The molecule has 9 heteroatoms. The number of hydrogen-bond donors (Lipinski definition) is 1. The van der Waals surface area contributed by atoms with Gasteiger partial charge in [0.2, 0.25) is 0 Å². The molecule has 1 aliphatic rings. The van der Waals surface area contributed by atoms with Crippen LogP contribution in [0.3, 0.4) is 0 Å². The molecule has 1 heterocycles. The van der Waals surface area contributed by atoms with Gasteiger partial charge in [0.15, 0.2) is 0 Å². The molecule has 0 unspecified atom stereocenters. The molecule has 0 aromatic carbocycles. The predicted octanol–water partition coefficient (Wildman–Crippen LogP) is 1.51.